The van der Waals surface area contributed by atoms with Gasteiger partial charge in [-0.25, -0.2) is 9.59 Å². The number of carbonyl (C=O) groups is 2. The van der Waals surface area contributed by atoms with Crippen LogP contribution in [0.3, 0.4) is 0 Å². The quantitative estimate of drug-likeness (QED) is 0.645. The lowest BCUT2D eigenvalue weighted by Crippen LogP contribution is -2.33. The van der Waals surface area contributed by atoms with Crippen LogP contribution < -0.4 is 5.32 Å². The Morgan fingerprint density at radius 2 is 2.00 bits per heavy atom. The van der Waals surface area contributed by atoms with Crippen molar-refractivity contribution in [2.24, 2.45) is 0 Å². The van der Waals surface area contributed by atoms with E-state index in [1.165, 1.54) is 0 Å². The largest absolute Gasteiger partial charge is 0.460 e. The fourth-order valence-electron chi connectivity index (χ4n) is 1.49. The Morgan fingerprint density at radius 1 is 1.29 bits per heavy atom. The molecular weight excluding hydrogens is 274 g/mol. The molecule has 0 aliphatic rings. The lowest BCUT2D eigenvalue weighted by atomic mass is 10.2. The zero-order valence-electron chi connectivity index (χ0n) is 13.0. The standard InChI is InChI=1S/C15H23NO5/c1-5-11-7-8-12(20-11)13(17)19-10-6-9-16-14(18)21-15(2,3)4/h7-8H,5-6,9-10H2,1-4H3,(H,16,18). The Labute approximate surface area is 124 Å². The highest BCUT2D eigenvalue weighted by Crippen LogP contribution is 2.10. The van der Waals surface area contributed by atoms with E-state index in [1.807, 2.05) is 6.92 Å². The number of amides is 1. The molecule has 0 radical (unpaired) electrons. The first-order chi connectivity index (χ1) is 9.81. The maximum atomic E-state index is 11.6. The molecule has 6 nitrogen and oxygen atoms in total. The normalized spacial score (nSPS) is 11.0. The van der Waals surface area contributed by atoms with E-state index in [2.05, 4.69) is 5.32 Å². The summed E-state index contributed by atoms with van der Waals surface area (Å²) in [5, 5.41) is 2.59. The highest BCUT2D eigenvalue weighted by atomic mass is 16.6. The summed E-state index contributed by atoms with van der Waals surface area (Å²) < 4.78 is 15.4. The second kappa shape index (κ2) is 7.71. The molecule has 0 aliphatic heterocycles. The number of aryl methyl sites for hydroxylation is 1. The van der Waals surface area contributed by atoms with Gasteiger partial charge in [0.25, 0.3) is 0 Å². The van der Waals surface area contributed by atoms with Gasteiger partial charge >= 0.3 is 12.1 Å². The number of carbonyl (C=O) groups excluding carboxylic acids is 2. The molecular formula is C15H23NO5. The first kappa shape index (κ1) is 17.1. The molecule has 0 aliphatic carbocycles. The van der Waals surface area contributed by atoms with Crippen molar-refractivity contribution in [1.29, 1.82) is 0 Å². The van der Waals surface area contributed by atoms with Crippen molar-refractivity contribution in [2.75, 3.05) is 13.2 Å². The molecule has 0 saturated carbocycles. The maximum Gasteiger partial charge on any atom is 0.407 e. The lowest BCUT2D eigenvalue weighted by molar-refractivity contribution is 0.0452. The molecule has 0 atom stereocenters. The summed E-state index contributed by atoms with van der Waals surface area (Å²) in [6.07, 6.45) is 0.756. The van der Waals surface area contributed by atoms with Crippen LogP contribution in [0.1, 0.15) is 50.4 Å². The molecule has 1 rings (SSSR count). The Balaban J connectivity index is 2.16. The van der Waals surface area contributed by atoms with Crippen LogP contribution in [0, 0.1) is 0 Å². The van der Waals surface area contributed by atoms with Crippen LogP contribution in [0.15, 0.2) is 16.5 Å². The molecule has 6 heteroatoms. The second-order valence-corrected chi connectivity index (χ2v) is 5.54. The molecule has 0 aromatic carbocycles. The van der Waals surface area contributed by atoms with Gasteiger partial charge in [0.05, 0.1) is 6.61 Å². The summed E-state index contributed by atoms with van der Waals surface area (Å²) in [5.74, 6) is 0.451. The van der Waals surface area contributed by atoms with Gasteiger partial charge < -0.3 is 19.2 Å². The molecule has 21 heavy (non-hydrogen) atoms. The summed E-state index contributed by atoms with van der Waals surface area (Å²) in [5.41, 5.74) is -0.521. The summed E-state index contributed by atoms with van der Waals surface area (Å²) in [6, 6.07) is 3.35. The number of esters is 1. The van der Waals surface area contributed by atoms with Gasteiger partial charge in [-0.3, -0.25) is 0 Å². The van der Waals surface area contributed by atoms with E-state index in [0.29, 0.717) is 13.0 Å². The minimum atomic E-state index is -0.521. The molecule has 0 saturated heterocycles. The summed E-state index contributed by atoms with van der Waals surface area (Å²) in [6.45, 7) is 7.90. The number of rotatable bonds is 6. The number of hydrogen-bond acceptors (Lipinski definition) is 5. The SMILES string of the molecule is CCc1ccc(C(=O)OCCCNC(=O)OC(C)(C)C)o1. The van der Waals surface area contributed by atoms with Gasteiger partial charge in [-0.15, -0.1) is 0 Å². The second-order valence-electron chi connectivity index (χ2n) is 5.54. The van der Waals surface area contributed by atoms with E-state index in [1.54, 1.807) is 32.9 Å². The van der Waals surface area contributed by atoms with Gasteiger partial charge in [-0.1, -0.05) is 6.92 Å². The number of hydrogen-bond donors (Lipinski definition) is 1. The molecule has 0 fully saturated rings. The maximum absolute atomic E-state index is 11.6. The Kier molecular flexibility index (Phi) is 6.27. The molecule has 1 aromatic rings. The van der Waals surface area contributed by atoms with E-state index in [0.717, 1.165) is 12.2 Å². The minimum absolute atomic E-state index is 0.201. The summed E-state index contributed by atoms with van der Waals surface area (Å²) >= 11 is 0. The lowest BCUT2D eigenvalue weighted by Gasteiger charge is -2.19. The summed E-state index contributed by atoms with van der Waals surface area (Å²) in [7, 11) is 0. The van der Waals surface area contributed by atoms with Gasteiger partial charge in [-0.2, -0.15) is 0 Å². The average Bonchev–Trinajstić information content (AvgIpc) is 2.84. The third kappa shape index (κ3) is 6.83. The van der Waals surface area contributed by atoms with Crippen LogP contribution in [0.4, 0.5) is 4.79 Å². The summed E-state index contributed by atoms with van der Waals surface area (Å²) in [4.78, 5) is 23.0. The Hall–Kier alpha value is -1.98. The van der Waals surface area contributed by atoms with Crippen LogP contribution >= 0.6 is 0 Å². The average molecular weight is 297 g/mol. The van der Waals surface area contributed by atoms with E-state index < -0.39 is 17.7 Å². The van der Waals surface area contributed by atoms with Crippen LogP contribution in [0.25, 0.3) is 0 Å². The molecule has 1 heterocycles. The predicted octanol–water partition coefficient (Wildman–Crippen LogP) is 2.91. The van der Waals surface area contributed by atoms with Crippen molar-refractivity contribution in [3.05, 3.63) is 23.7 Å². The number of nitrogens with one attached hydrogen (secondary N) is 1. The van der Waals surface area contributed by atoms with Crippen molar-refractivity contribution in [2.45, 2.75) is 46.1 Å². The number of furan rings is 1. The van der Waals surface area contributed by atoms with Crippen LogP contribution in [-0.2, 0) is 15.9 Å². The topological polar surface area (TPSA) is 77.8 Å². The highest BCUT2D eigenvalue weighted by molar-refractivity contribution is 5.86. The molecule has 0 unspecified atom stereocenters. The fourth-order valence-corrected chi connectivity index (χ4v) is 1.49. The zero-order valence-corrected chi connectivity index (χ0v) is 13.0. The third-order valence-corrected chi connectivity index (χ3v) is 2.43. The van der Waals surface area contributed by atoms with E-state index in [9.17, 15) is 9.59 Å². The molecule has 0 bridgehead atoms. The molecule has 0 spiro atoms. The van der Waals surface area contributed by atoms with Crippen molar-refractivity contribution in [3.63, 3.8) is 0 Å². The fraction of sp³-hybridized carbons (Fsp3) is 0.600. The van der Waals surface area contributed by atoms with Gasteiger partial charge in [0.1, 0.15) is 11.4 Å². The number of alkyl carbamates (subject to hydrolysis) is 1. The van der Waals surface area contributed by atoms with E-state index in [4.69, 9.17) is 13.9 Å². The first-order valence-electron chi connectivity index (χ1n) is 7.04. The van der Waals surface area contributed by atoms with Crippen LogP contribution in [-0.4, -0.2) is 30.8 Å². The zero-order chi connectivity index (χ0) is 15.9. The Morgan fingerprint density at radius 3 is 2.57 bits per heavy atom. The highest BCUT2D eigenvalue weighted by Gasteiger charge is 2.15. The van der Waals surface area contributed by atoms with Crippen molar-refractivity contribution >= 4 is 12.1 Å². The van der Waals surface area contributed by atoms with Crippen molar-refractivity contribution in [3.8, 4) is 0 Å². The monoisotopic (exact) mass is 297 g/mol. The van der Waals surface area contributed by atoms with Crippen molar-refractivity contribution in [1.82, 2.24) is 5.32 Å². The predicted molar refractivity (Wildman–Crippen MR) is 77.2 cm³/mol. The smallest absolute Gasteiger partial charge is 0.407 e. The van der Waals surface area contributed by atoms with Crippen molar-refractivity contribution < 1.29 is 23.5 Å². The van der Waals surface area contributed by atoms with Crippen LogP contribution in [0.2, 0.25) is 0 Å². The van der Waals surface area contributed by atoms with Gasteiger partial charge in [0.2, 0.25) is 5.76 Å². The van der Waals surface area contributed by atoms with Gasteiger partial charge in [0, 0.05) is 13.0 Å². The van der Waals surface area contributed by atoms with E-state index >= 15 is 0 Å². The minimum Gasteiger partial charge on any atom is -0.460 e. The first-order valence-corrected chi connectivity index (χ1v) is 7.04. The van der Waals surface area contributed by atoms with Gasteiger partial charge in [-0.05, 0) is 39.3 Å². The third-order valence-electron chi connectivity index (χ3n) is 2.43. The van der Waals surface area contributed by atoms with Crippen LogP contribution in [0.5, 0.6) is 0 Å². The molecule has 1 amide bonds. The van der Waals surface area contributed by atoms with Gasteiger partial charge in [0.15, 0.2) is 0 Å². The molecule has 1 aromatic heterocycles. The van der Waals surface area contributed by atoms with E-state index in [-0.39, 0.29) is 12.4 Å². The molecule has 118 valence electrons. The molecule has 1 N–H and O–H groups in total. The number of ether oxygens (including phenoxy) is 2. The Bertz CT molecular complexity index is 473.